The van der Waals surface area contributed by atoms with E-state index in [4.69, 9.17) is 0 Å². The van der Waals surface area contributed by atoms with Crippen molar-refractivity contribution in [3.05, 3.63) is 59.7 Å². The van der Waals surface area contributed by atoms with Gasteiger partial charge in [0.15, 0.2) is 0 Å². The lowest BCUT2D eigenvalue weighted by Gasteiger charge is -2.31. The predicted molar refractivity (Wildman–Crippen MR) is 102 cm³/mol. The molecule has 2 aromatic rings. The molecule has 0 aliphatic carbocycles. The van der Waals surface area contributed by atoms with Gasteiger partial charge in [-0.25, -0.2) is 13.2 Å². The first-order valence-electron chi connectivity index (χ1n) is 8.16. The number of hydrogen-bond acceptors (Lipinski definition) is 4. The molecule has 0 fully saturated rings. The van der Waals surface area contributed by atoms with Gasteiger partial charge in [0, 0.05) is 18.3 Å². The van der Waals surface area contributed by atoms with Crippen LogP contribution in [0.15, 0.2) is 53.4 Å². The lowest BCUT2D eigenvalue weighted by Crippen LogP contribution is -2.50. The fourth-order valence-electron chi connectivity index (χ4n) is 2.22. The quantitative estimate of drug-likeness (QED) is 0.789. The minimum absolute atomic E-state index is 0.0820. The second-order valence-corrected chi connectivity index (χ2v) is 8.41. The number of sulfonamides is 1. The summed E-state index contributed by atoms with van der Waals surface area (Å²) in [4.78, 5) is 24.9. The van der Waals surface area contributed by atoms with Crippen LogP contribution in [0, 0.1) is 6.92 Å². The zero-order valence-electron chi connectivity index (χ0n) is 15.6. The first-order chi connectivity index (χ1) is 12.4. The van der Waals surface area contributed by atoms with Gasteiger partial charge in [-0.1, -0.05) is 23.8 Å². The average Bonchev–Trinajstić information content (AvgIpc) is 2.62. The Morgan fingerprint density at radius 3 is 2.22 bits per heavy atom. The summed E-state index contributed by atoms with van der Waals surface area (Å²) < 4.78 is 27.7. The smallest absolute Gasteiger partial charge is 0.329 e. The second-order valence-electron chi connectivity index (χ2n) is 6.73. The van der Waals surface area contributed by atoms with Crippen molar-refractivity contribution in [2.75, 3.05) is 11.8 Å². The van der Waals surface area contributed by atoms with Gasteiger partial charge in [-0.3, -0.25) is 9.52 Å². The van der Waals surface area contributed by atoms with E-state index in [2.05, 4.69) is 4.72 Å². The van der Waals surface area contributed by atoms with Gasteiger partial charge in [0.2, 0.25) is 0 Å². The Bertz CT molecular complexity index is 966. The van der Waals surface area contributed by atoms with Crippen LogP contribution in [0.5, 0.6) is 0 Å². The van der Waals surface area contributed by atoms with Crippen molar-refractivity contribution in [1.29, 1.82) is 0 Å². The molecule has 0 heterocycles. The van der Waals surface area contributed by atoms with Crippen LogP contribution in [0.4, 0.5) is 5.69 Å². The number of benzene rings is 2. The van der Waals surface area contributed by atoms with Crippen molar-refractivity contribution in [3.63, 3.8) is 0 Å². The van der Waals surface area contributed by atoms with E-state index < -0.39 is 27.4 Å². The third kappa shape index (κ3) is 4.46. The molecule has 144 valence electrons. The van der Waals surface area contributed by atoms with E-state index in [1.807, 2.05) is 6.92 Å². The summed E-state index contributed by atoms with van der Waals surface area (Å²) in [6.07, 6.45) is 0. The third-order valence-corrected chi connectivity index (χ3v) is 5.74. The summed E-state index contributed by atoms with van der Waals surface area (Å²) in [5, 5.41) is 9.28. The van der Waals surface area contributed by atoms with Gasteiger partial charge in [-0.2, -0.15) is 0 Å². The topological polar surface area (TPSA) is 104 Å². The van der Waals surface area contributed by atoms with E-state index in [-0.39, 0.29) is 10.5 Å². The molecule has 1 amide bonds. The van der Waals surface area contributed by atoms with Crippen molar-refractivity contribution < 1.29 is 23.1 Å². The normalized spacial score (nSPS) is 11.7. The monoisotopic (exact) mass is 390 g/mol. The molecule has 0 atom stereocenters. The number of carboxylic acids is 1. The third-order valence-electron chi connectivity index (χ3n) is 4.36. The zero-order chi connectivity index (χ0) is 20.4. The maximum absolute atomic E-state index is 12.6. The Kier molecular flexibility index (Phi) is 5.60. The molecule has 0 aliphatic rings. The number of hydrogen-bond donors (Lipinski definition) is 2. The minimum Gasteiger partial charge on any atom is -0.480 e. The number of aliphatic carboxylic acids is 1. The standard InChI is InChI=1S/C19H22N2O5S/c1-13-8-10-15(11-9-13)20-27(25,26)16-7-5-6-14(12-16)17(22)21(4)19(2,3)18(23)24/h5-12,20H,1-4H3,(H,23,24). The molecule has 7 nitrogen and oxygen atoms in total. The molecule has 27 heavy (non-hydrogen) atoms. The molecule has 8 heteroatoms. The summed E-state index contributed by atoms with van der Waals surface area (Å²) in [5.74, 6) is -1.75. The van der Waals surface area contributed by atoms with Crippen molar-refractivity contribution in [3.8, 4) is 0 Å². The summed E-state index contributed by atoms with van der Waals surface area (Å²) >= 11 is 0. The molecule has 0 aliphatic heterocycles. The zero-order valence-corrected chi connectivity index (χ0v) is 16.4. The maximum Gasteiger partial charge on any atom is 0.329 e. The molecule has 2 N–H and O–H groups in total. The fourth-order valence-corrected chi connectivity index (χ4v) is 3.33. The maximum atomic E-state index is 12.6. The van der Waals surface area contributed by atoms with E-state index in [0.29, 0.717) is 5.69 Å². The van der Waals surface area contributed by atoms with E-state index in [0.717, 1.165) is 10.5 Å². The molecule has 0 radical (unpaired) electrons. The Morgan fingerprint density at radius 2 is 1.67 bits per heavy atom. The van der Waals surface area contributed by atoms with Gasteiger partial charge >= 0.3 is 5.97 Å². The predicted octanol–water partition coefficient (Wildman–Crippen LogP) is 2.73. The Hall–Kier alpha value is -2.87. The van der Waals surface area contributed by atoms with Gasteiger partial charge in [-0.05, 0) is 51.1 Å². The van der Waals surface area contributed by atoms with Crippen molar-refractivity contribution in [1.82, 2.24) is 4.90 Å². The molecule has 2 rings (SSSR count). The number of nitrogens with zero attached hydrogens (tertiary/aromatic N) is 1. The number of rotatable bonds is 6. The van der Waals surface area contributed by atoms with Crippen molar-refractivity contribution in [2.24, 2.45) is 0 Å². The molecule has 0 saturated heterocycles. The van der Waals surface area contributed by atoms with Gasteiger partial charge in [0.05, 0.1) is 4.90 Å². The first kappa shape index (κ1) is 20.4. The number of carbonyl (C=O) groups excluding carboxylic acids is 1. The molecule has 2 aromatic carbocycles. The molecule has 0 aromatic heterocycles. The van der Waals surface area contributed by atoms with Gasteiger partial charge in [-0.15, -0.1) is 0 Å². The van der Waals surface area contributed by atoms with Crippen LogP contribution in [-0.2, 0) is 14.8 Å². The van der Waals surface area contributed by atoms with Crippen LogP contribution < -0.4 is 4.72 Å². The van der Waals surface area contributed by atoms with Crippen molar-refractivity contribution >= 4 is 27.6 Å². The first-order valence-corrected chi connectivity index (χ1v) is 9.64. The van der Waals surface area contributed by atoms with Crippen LogP contribution in [0.2, 0.25) is 0 Å². The van der Waals surface area contributed by atoms with Gasteiger partial charge < -0.3 is 10.0 Å². The number of amides is 1. The fraction of sp³-hybridized carbons (Fsp3) is 0.263. The Labute approximate surface area is 158 Å². The SMILES string of the molecule is Cc1ccc(NS(=O)(=O)c2cccc(C(=O)N(C)C(C)(C)C(=O)O)c2)cc1. The van der Waals surface area contributed by atoms with Crippen LogP contribution in [0.3, 0.4) is 0 Å². The molecular weight excluding hydrogens is 368 g/mol. The van der Waals surface area contributed by atoms with E-state index in [1.165, 1.54) is 45.2 Å². The summed E-state index contributed by atoms with van der Waals surface area (Å²) in [6, 6.07) is 12.3. The van der Waals surface area contributed by atoms with E-state index in [9.17, 15) is 23.1 Å². The highest BCUT2D eigenvalue weighted by atomic mass is 32.2. The lowest BCUT2D eigenvalue weighted by molar-refractivity contribution is -0.147. The average molecular weight is 390 g/mol. The number of carboxylic acid groups (broad SMARTS) is 1. The Balaban J connectivity index is 2.32. The molecule has 0 bridgehead atoms. The van der Waals surface area contributed by atoms with Crippen LogP contribution in [0.1, 0.15) is 29.8 Å². The summed E-state index contributed by atoms with van der Waals surface area (Å²) in [7, 11) is -2.53. The summed E-state index contributed by atoms with van der Waals surface area (Å²) in [5.41, 5.74) is 0.0428. The highest BCUT2D eigenvalue weighted by Crippen LogP contribution is 2.21. The van der Waals surface area contributed by atoms with Crippen LogP contribution in [0.25, 0.3) is 0 Å². The number of anilines is 1. The van der Waals surface area contributed by atoms with Crippen LogP contribution in [-0.4, -0.2) is 42.9 Å². The number of aryl methyl sites for hydroxylation is 1. The largest absolute Gasteiger partial charge is 0.480 e. The molecule has 0 spiro atoms. The molecule has 0 unspecified atom stereocenters. The summed E-state index contributed by atoms with van der Waals surface area (Å²) in [6.45, 7) is 4.68. The highest BCUT2D eigenvalue weighted by molar-refractivity contribution is 7.92. The minimum atomic E-state index is -3.90. The van der Waals surface area contributed by atoms with E-state index in [1.54, 1.807) is 24.3 Å². The number of nitrogens with one attached hydrogen (secondary N) is 1. The lowest BCUT2D eigenvalue weighted by atomic mass is 10.0. The highest BCUT2D eigenvalue weighted by Gasteiger charge is 2.35. The molecule has 0 saturated carbocycles. The van der Waals surface area contributed by atoms with Crippen molar-refractivity contribution in [2.45, 2.75) is 31.2 Å². The number of likely N-dealkylation sites (N-methyl/N-ethyl adjacent to an activating group) is 1. The van der Waals surface area contributed by atoms with Gasteiger partial charge in [0.1, 0.15) is 5.54 Å². The molecular formula is C19H22N2O5S. The van der Waals surface area contributed by atoms with E-state index >= 15 is 0 Å². The second kappa shape index (κ2) is 7.40. The van der Waals surface area contributed by atoms with Gasteiger partial charge in [0.25, 0.3) is 15.9 Å². The van der Waals surface area contributed by atoms with Crippen LogP contribution >= 0.6 is 0 Å². The Morgan fingerprint density at radius 1 is 1.07 bits per heavy atom. The number of carbonyl (C=O) groups is 2.